The third-order valence-electron chi connectivity index (χ3n) is 4.83. The van der Waals surface area contributed by atoms with Gasteiger partial charge < -0.3 is 20.3 Å². The number of piperidine rings is 1. The number of anilines is 1. The van der Waals surface area contributed by atoms with Crippen LogP contribution in [0.1, 0.15) is 43.6 Å². The van der Waals surface area contributed by atoms with E-state index < -0.39 is 5.97 Å². The Balaban J connectivity index is 1.64. The monoisotopic (exact) mass is 413 g/mol. The van der Waals surface area contributed by atoms with Crippen LogP contribution in [0.4, 0.5) is 10.5 Å². The van der Waals surface area contributed by atoms with Crippen molar-refractivity contribution >= 4 is 23.6 Å². The zero-order valence-electron chi connectivity index (χ0n) is 17.3. The van der Waals surface area contributed by atoms with Crippen molar-refractivity contribution in [2.45, 2.75) is 39.2 Å². The predicted molar refractivity (Wildman–Crippen MR) is 112 cm³/mol. The van der Waals surface area contributed by atoms with Gasteiger partial charge in [0.05, 0.1) is 12.3 Å². The molecule has 3 rings (SSSR count). The van der Waals surface area contributed by atoms with E-state index in [2.05, 4.69) is 15.7 Å². The Labute approximate surface area is 175 Å². The summed E-state index contributed by atoms with van der Waals surface area (Å²) in [5.41, 5.74) is 1.54. The Hall–Kier alpha value is -3.36. The fraction of sp³-hybridized carbons (Fsp3) is 0.429. The number of esters is 1. The first kappa shape index (κ1) is 21.4. The van der Waals surface area contributed by atoms with E-state index in [1.54, 1.807) is 47.0 Å². The molecule has 1 atom stereocenters. The van der Waals surface area contributed by atoms with E-state index in [0.29, 0.717) is 30.9 Å². The molecule has 1 aliphatic rings. The molecule has 1 aromatic heterocycles. The third-order valence-corrected chi connectivity index (χ3v) is 4.83. The summed E-state index contributed by atoms with van der Waals surface area (Å²) >= 11 is 0. The number of nitrogens with one attached hydrogen (secondary N) is 2. The smallest absolute Gasteiger partial charge is 0.358 e. The summed E-state index contributed by atoms with van der Waals surface area (Å²) in [6.45, 7) is 4.96. The normalized spacial score (nSPS) is 16.1. The lowest BCUT2D eigenvalue weighted by atomic mass is 10.1. The summed E-state index contributed by atoms with van der Waals surface area (Å²) in [6.07, 6.45) is 3.80. The van der Waals surface area contributed by atoms with Crippen molar-refractivity contribution in [1.82, 2.24) is 20.0 Å². The average molecular weight is 413 g/mol. The van der Waals surface area contributed by atoms with Gasteiger partial charge in [0.25, 0.3) is 0 Å². The van der Waals surface area contributed by atoms with E-state index in [9.17, 15) is 14.4 Å². The topological polar surface area (TPSA) is 106 Å². The highest BCUT2D eigenvalue weighted by Gasteiger charge is 2.24. The van der Waals surface area contributed by atoms with Gasteiger partial charge in [0.15, 0.2) is 5.69 Å². The summed E-state index contributed by atoms with van der Waals surface area (Å²) in [6, 6.07) is 8.55. The van der Waals surface area contributed by atoms with Crippen molar-refractivity contribution in [3.05, 3.63) is 42.2 Å². The molecule has 1 fully saturated rings. The number of carbonyl (C=O) groups is 3. The summed E-state index contributed by atoms with van der Waals surface area (Å²) in [5.74, 6) is -0.480. The van der Waals surface area contributed by atoms with Crippen molar-refractivity contribution in [2.75, 3.05) is 25.0 Å². The maximum Gasteiger partial charge on any atom is 0.358 e. The maximum absolute atomic E-state index is 12.7. The molecule has 0 radical (unpaired) electrons. The minimum absolute atomic E-state index is 0.00336. The number of ether oxygens (including phenoxy) is 1. The van der Waals surface area contributed by atoms with Crippen LogP contribution < -0.4 is 10.6 Å². The maximum atomic E-state index is 12.7. The number of carbonyl (C=O) groups excluding carboxylic acids is 3. The van der Waals surface area contributed by atoms with Crippen LogP contribution in [0.2, 0.25) is 0 Å². The summed E-state index contributed by atoms with van der Waals surface area (Å²) in [4.78, 5) is 37.8. The molecule has 0 spiro atoms. The van der Waals surface area contributed by atoms with Crippen LogP contribution in [-0.2, 0) is 9.53 Å². The van der Waals surface area contributed by atoms with Crippen LogP contribution >= 0.6 is 0 Å². The number of hydrogen-bond donors (Lipinski definition) is 2. The average Bonchev–Trinajstić information content (AvgIpc) is 3.25. The summed E-state index contributed by atoms with van der Waals surface area (Å²) in [5, 5.41) is 10.1. The van der Waals surface area contributed by atoms with E-state index in [-0.39, 0.29) is 30.3 Å². The number of amides is 3. The minimum atomic E-state index is -0.476. The van der Waals surface area contributed by atoms with Gasteiger partial charge in [-0.15, -0.1) is 0 Å². The first-order valence-corrected chi connectivity index (χ1v) is 10.2. The molecule has 1 aliphatic heterocycles. The molecule has 2 aromatic rings. The molecule has 0 saturated carbocycles. The zero-order valence-corrected chi connectivity index (χ0v) is 17.3. The predicted octanol–water partition coefficient (Wildman–Crippen LogP) is 2.57. The number of aromatic nitrogens is 2. The lowest BCUT2D eigenvalue weighted by Gasteiger charge is -2.33. The molecule has 2 N–H and O–H groups in total. The van der Waals surface area contributed by atoms with Crippen molar-refractivity contribution in [3.8, 4) is 5.69 Å². The fourth-order valence-electron chi connectivity index (χ4n) is 3.32. The zero-order chi connectivity index (χ0) is 21.5. The molecule has 3 amide bonds. The van der Waals surface area contributed by atoms with Crippen LogP contribution in [0.15, 0.2) is 36.5 Å². The van der Waals surface area contributed by atoms with Crippen LogP contribution in [0.25, 0.3) is 5.69 Å². The Morgan fingerprint density at radius 1 is 1.23 bits per heavy atom. The Bertz CT molecular complexity index is 910. The van der Waals surface area contributed by atoms with Gasteiger partial charge in [0.2, 0.25) is 5.91 Å². The molecule has 2 heterocycles. The molecule has 30 heavy (non-hydrogen) atoms. The highest BCUT2D eigenvalue weighted by Crippen LogP contribution is 2.17. The van der Waals surface area contributed by atoms with Crippen LogP contribution in [0.5, 0.6) is 0 Å². The highest BCUT2D eigenvalue weighted by molar-refractivity contribution is 5.90. The molecule has 1 saturated heterocycles. The van der Waals surface area contributed by atoms with E-state index in [4.69, 9.17) is 4.74 Å². The quantitative estimate of drug-likeness (QED) is 0.708. The largest absolute Gasteiger partial charge is 0.461 e. The molecule has 9 heteroatoms. The van der Waals surface area contributed by atoms with Crippen molar-refractivity contribution in [1.29, 1.82) is 0 Å². The molecule has 0 bridgehead atoms. The third kappa shape index (κ3) is 5.37. The Morgan fingerprint density at radius 2 is 2.07 bits per heavy atom. The van der Waals surface area contributed by atoms with Gasteiger partial charge in [-0.3, -0.25) is 4.79 Å². The minimum Gasteiger partial charge on any atom is -0.461 e. The SMILES string of the molecule is CCOC(=O)c1ccn(-c2cccc(NC(=O)N3CCCC(NC(=O)CC)C3)c2)n1. The van der Waals surface area contributed by atoms with Gasteiger partial charge in [0.1, 0.15) is 0 Å². The van der Waals surface area contributed by atoms with Crippen LogP contribution in [0, 0.1) is 0 Å². The van der Waals surface area contributed by atoms with E-state index in [0.717, 1.165) is 12.8 Å². The highest BCUT2D eigenvalue weighted by atomic mass is 16.5. The number of rotatable bonds is 6. The summed E-state index contributed by atoms with van der Waals surface area (Å²) < 4.78 is 6.51. The number of nitrogens with zero attached hydrogens (tertiary/aromatic N) is 3. The first-order valence-electron chi connectivity index (χ1n) is 10.2. The molecule has 9 nitrogen and oxygen atoms in total. The first-order chi connectivity index (χ1) is 14.5. The second-order valence-corrected chi connectivity index (χ2v) is 7.05. The van der Waals surface area contributed by atoms with Crippen molar-refractivity contribution in [2.24, 2.45) is 0 Å². The Kier molecular flexibility index (Phi) is 7.05. The van der Waals surface area contributed by atoms with E-state index in [1.807, 2.05) is 13.0 Å². The van der Waals surface area contributed by atoms with Gasteiger partial charge in [0, 0.05) is 37.4 Å². The lowest BCUT2D eigenvalue weighted by Crippen LogP contribution is -2.50. The summed E-state index contributed by atoms with van der Waals surface area (Å²) in [7, 11) is 0. The molecular weight excluding hydrogens is 386 g/mol. The number of likely N-dealkylation sites (tertiary alicyclic amines) is 1. The standard InChI is InChI=1S/C21H27N5O4/c1-3-19(27)22-16-8-6-11-25(14-16)21(29)23-15-7-5-9-17(13-15)26-12-10-18(24-26)20(28)30-4-2/h5,7,9-10,12-13,16H,3-4,6,8,11,14H2,1-2H3,(H,22,27)(H,23,29). The van der Waals surface area contributed by atoms with Gasteiger partial charge in [-0.05, 0) is 44.0 Å². The van der Waals surface area contributed by atoms with E-state index in [1.165, 1.54) is 0 Å². The van der Waals surface area contributed by atoms with Gasteiger partial charge >= 0.3 is 12.0 Å². The van der Waals surface area contributed by atoms with Gasteiger partial charge in [-0.1, -0.05) is 13.0 Å². The molecular formula is C21H27N5O4. The van der Waals surface area contributed by atoms with Gasteiger partial charge in [-0.2, -0.15) is 5.10 Å². The van der Waals surface area contributed by atoms with Crippen LogP contribution in [0.3, 0.4) is 0 Å². The van der Waals surface area contributed by atoms with E-state index >= 15 is 0 Å². The molecule has 0 aliphatic carbocycles. The molecule has 1 unspecified atom stereocenters. The van der Waals surface area contributed by atoms with Crippen LogP contribution in [-0.4, -0.2) is 58.3 Å². The molecule has 1 aromatic carbocycles. The number of urea groups is 1. The fourth-order valence-corrected chi connectivity index (χ4v) is 3.32. The molecule has 160 valence electrons. The number of benzene rings is 1. The second kappa shape index (κ2) is 9.91. The van der Waals surface area contributed by atoms with Gasteiger partial charge in [-0.25, -0.2) is 14.3 Å². The van der Waals surface area contributed by atoms with Crippen molar-refractivity contribution < 1.29 is 19.1 Å². The lowest BCUT2D eigenvalue weighted by molar-refractivity contribution is -0.121. The number of hydrogen-bond acceptors (Lipinski definition) is 5. The van der Waals surface area contributed by atoms with Crippen molar-refractivity contribution in [3.63, 3.8) is 0 Å². The Morgan fingerprint density at radius 3 is 2.83 bits per heavy atom. The second-order valence-electron chi connectivity index (χ2n) is 7.05.